The fourth-order valence-corrected chi connectivity index (χ4v) is 3.79. The van der Waals surface area contributed by atoms with Crippen molar-refractivity contribution in [3.05, 3.63) is 35.9 Å². The van der Waals surface area contributed by atoms with Gasteiger partial charge in [-0.3, -0.25) is 9.69 Å². The predicted octanol–water partition coefficient (Wildman–Crippen LogP) is 3.43. The summed E-state index contributed by atoms with van der Waals surface area (Å²) in [6.45, 7) is 5.31. The molecule has 1 aromatic carbocycles. The lowest BCUT2D eigenvalue weighted by Gasteiger charge is -2.32. The molecule has 2 aliphatic heterocycles. The molecule has 3 rings (SSSR count). The molecule has 0 spiro atoms. The Kier molecular flexibility index (Phi) is 6.51. The molecule has 2 fully saturated rings. The van der Waals surface area contributed by atoms with E-state index >= 15 is 0 Å². The molecule has 0 atom stereocenters. The van der Waals surface area contributed by atoms with Crippen LogP contribution in [0.4, 0.5) is 0 Å². The topological polar surface area (TPSA) is 32.8 Å². The van der Waals surface area contributed by atoms with Crippen molar-refractivity contribution in [2.45, 2.75) is 32.1 Å². The van der Waals surface area contributed by atoms with Crippen molar-refractivity contribution >= 4 is 12.0 Å². The van der Waals surface area contributed by atoms with E-state index in [0.717, 1.165) is 44.1 Å². The second-order valence-electron chi connectivity index (χ2n) is 7.19. The van der Waals surface area contributed by atoms with Gasteiger partial charge in [0, 0.05) is 26.1 Å². The van der Waals surface area contributed by atoms with Gasteiger partial charge in [0.2, 0.25) is 5.91 Å². The average molecular weight is 342 g/mol. The van der Waals surface area contributed by atoms with Gasteiger partial charge >= 0.3 is 0 Å². The first-order valence-electron chi connectivity index (χ1n) is 9.55. The van der Waals surface area contributed by atoms with Crippen LogP contribution in [0, 0.1) is 5.92 Å². The molecule has 0 unspecified atom stereocenters. The second-order valence-corrected chi connectivity index (χ2v) is 7.19. The highest BCUT2D eigenvalue weighted by Gasteiger charge is 2.23. The van der Waals surface area contributed by atoms with Crippen LogP contribution < -0.4 is 4.74 Å². The molecule has 1 aromatic rings. The molecular weight excluding hydrogens is 312 g/mol. The molecule has 136 valence electrons. The van der Waals surface area contributed by atoms with E-state index in [0.29, 0.717) is 5.91 Å². The molecule has 0 bridgehead atoms. The monoisotopic (exact) mass is 342 g/mol. The normalized spacial score (nSPS) is 19.9. The standard InChI is InChI=1S/C21H30N2O2/c1-25-20-8-6-18(7-9-20)4-2-13-22-15-10-19(11-16-22)12-17-23-14-3-5-21(23)24/h2,4,6-9,19H,3,5,10-17H2,1H3. The quantitative estimate of drug-likeness (QED) is 0.761. The maximum absolute atomic E-state index is 11.7. The van der Waals surface area contributed by atoms with Gasteiger partial charge in [0.15, 0.2) is 0 Å². The Balaban J connectivity index is 1.34. The molecule has 0 aliphatic carbocycles. The predicted molar refractivity (Wildman–Crippen MR) is 102 cm³/mol. The number of rotatable bonds is 7. The Morgan fingerprint density at radius 1 is 1.16 bits per heavy atom. The minimum absolute atomic E-state index is 0.362. The third-order valence-electron chi connectivity index (χ3n) is 5.48. The number of likely N-dealkylation sites (tertiary alicyclic amines) is 2. The van der Waals surface area contributed by atoms with Crippen LogP contribution in [0.5, 0.6) is 5.75 Å². The summed E-state index contributed by atoms with van der Waals surface area (Å²) in [6, 6.07) is 8.16. The molecule has 0 saturated carbocycles. The third-order valence-corrected chi connectivity index (χ3v) is 5.48. The summed E-state index contributed by atoms with van der Waals surface area (Å²) in [6.07, 6.45) is 9.96. The Morgan fingerprint density at radius 3 is 2.56 bits per heavy atom. The minimum Gasteiger partial charge on any atom is -0.497 e. The molecule has 4 nitrogen and oxygen atoms in total. The highest BCUT2D eigenvalue weighted by atomic mass is 16.5. The molecule has 2 heterocycles. The number of piperidine rings is 1. The summed E-state index contributed by atoms with van der Waals surface area (Å²) in [7, 11) is 1.69. The molecule has 0 N–H and O–H groups in total. The second kappa shape index (κ2) is 9.04. The third kappa shape index (κ3) is 5.33. The molecule has 2 aliphatic rings. The van der Waals surface area contributed by atoms with Crippen molar-refractivity contribution in [3.8, 4) is 5.75 Å². The van der Waals surface area contributed by atoms with Crippen LogP contribution in [0.25, 0.3) is 6.08 Å². The lowest BCUT2D eigenvalue weighted by Crippen LogP contribution is -2.35. The molecule has 1 amide bonds. The molecule has 0 radical (unpaired) electrons. The minimum atomic E-state index is 0.362. The summed E-state index contributed by atoms with van der Waals surface area (Å²) < 4.78 is 5.18. The lowest BCUT2D eigenvalue weighted by molar-refractivity contribution is -0.127. The number of benzene rings is 1. The fourth-order valence-electron chi connectivity index (χ4n) is 3.79. The van der Waals surface area contributed by atoms with Gasteiger partial charge in [-0.15, -0.1) is 0 Å². The zero-order valence-electron chi connectivity index (χ0n) is 15.3. The Hall–Kier alpha value is -1.81. The molecular formula is C21H30N2O2. The van der Waals surface area contributed by atoms with Gasteiger partial charge in [-0.05, 0) is 62.4 Å². The van der Waals surface area contributed by atoms with E-state index in [-0.39, 0.29) is 0 Å². The highest BCUT2D eigenvalue weighted by Crippen LogP contribution is 2.22. The summed E-state index contributed by atoms with van der Waals surface area (Å²) in [4.78, 5) is 16.3. The number of amides is 1. The van der Waals surface area contributed by atoms with E-state index in [1.165, 1.54) is 37.9 Å². The van der Waals surface area contributed by atoms with Gasteiger partial charge in [0.1, 0.15) is 5.75 Å². The number of carbonyl (C=O) groups is 1. The molecule has 0 aromatic heterocycles. The van der Waals surface area contributed by atoms with Crippen molar-refractivity contribution < 1.29 is 9.53 Å². The van der Waals surface area contributed by atoms with Gasteiger partial charge in [-0.2, -0.15) is 0 Å². The Bertz CT molecular complexity index is 574. The average Bonchev–Trinajstić information content (AvgIpc) is 3.06. The summed E-state index contributed by atoms with van der Waals surface area (Å²) in [5.41, 5.74) is 1.21. The van der Waals surface area contributed by atoms with E-state index in [9.17, 15) is 4.79 Å². The first-order valence-corrected chi connectivity index (χ1v) is 9.55. The first kappa shape index (κ1) is 18.0. The van der Waals surface area contributed by atoms with Crippen molar-refractivity contribution in [3.63, 3.8) is 0 Å². The van der Waals surface area contributed by atoms with Crippen molar-refractivity contribution in [2.75, 3.05) is 39.8 Å². The van der Waals surface area contributed by atoms with E-state index < -0.39 is 0 Å². The van der Waals surface area contributed by atoms with Gasteiger partial charge in [-0.1, -0.05) is 24.3 Å². The number of hydrogen-bond donors (Lipinski definition) is 0. The van der Waals surface area contributed by atoms with Crippen LogP contribution in [0.2, 0.25) is 0 Å². The summed E-state index contributed by atoms with van der Waals surface area (Å²) >= 11 is 0. The number of ether oxygens (including phenoxy) is 1. The SMILES string of the molecule is COc1ccc(C=CCN2CCC(CCN3CCCC3=O)CC2)cc1. The fraction of sp³-hybridized carbons (Fsp3) is 0.571. The largest absolute Gasteiger partial charge is 0.497 e. The van der Waals surface area contributed by atoms with Gasteiger partial charge in [0.25, 0.3) is 0 Å². The van der Waals surface area contributed by atoms with Crippen LogP contribution in [0.1, 0.15) is 37.7 Å². The van der Waals surface area contributed by atoms with E-state index in [1.807, 2.05) is 12.1 Å². The maximum atomic E-state index is 11.7. The number of carbonyl (C=O) groups excluding carboxylic acids is 1. The zero-order chi connectivity index (χ0) is 17.5. The maximum Gasteiger partial charge on any atom is 0.222 e. The van der Waals surface area contributed by atoms with Crippen LogP contribution in [-0.2, 0) is 4.79 Å². The van der Waals surface area contributed by atoms with E-state index in [2.05, 4.69) is 34.1 Å². The number of hydrogen-bond acceptors (Lipinski definition) is 3. The van der Waals surface area contributed by atoms with Gasteiger partial charge in [-0.25, -0.2) is 0 Å². The van der Waals surface area contributed by atoms with Gasteiger partial charge in [0.05, 0.1) is 7.11 Å². The Morgan fingerprint density at radius 2 is 1.92 bits per heavy atom. The number of methoxy groups -OCH3 is 1. The molecule has 25 heavy (non-hydrogen) atoms. The van der Waals surface area contributed by atoms with Crippen LogP contribution in [0.3, 0.4) is 0 Å². The van der Waals surface area contributed by atoms with Gasteiger partial charge < -0.3 is 9.64 Å². The van der Waals surface area contributed by atoms with Crippen LogP contribution >= 0.6 is 0 Å². The first-order chi connectivity index (χ1) is 12.2. The molecule has 2 saturated heterocycles. The summed E-state index contributed by atoms with van der Waals surface area (Å²) in [5.74, 6) is 2.05. The molecule has 4 heteroatoms. The Labute approximate surface area is 151 Å². The highest BCUT2D eigenvalue weighted by molar-refractivity contribution is 5.77. The number of nitrogens with zero attached hydrogens (tertiary/aromatic N) is 2. The smallest absolute Gasteiger partial charge is 0.222 e. The van der Waals surface area contributed by atoms with Crippen LogP contribution in [-0.4, -0.2) is 55.5 Å². The van der Waals surface area contributed by atoms with E-state index in [4.69, 9.17) is 4.74 Å². The zero-order valence-corrected chi connectivity index (χ0v) is 15.3. The lowest BCUT2D eigenvalue weighted by atomic mass is 9.93. The van der Waals surface area contributed by atoms with Crippen molar-refractivity contribution in [1.29, 1.82) is 0 Å². The van der Waals surface area contributed by atoms with Crippen LogP contribution in [0.15, 0.2) is 30.3 Å². The van der Waals surface area contributed by atoms with E-state index in [1.54, 1.807) is 7.11 Å². The summed E-state index contributed by atoms with van der Waals surface area (Å²) in [5, 5.41) is 0. The van der Waals surface area contributed by atoms with Crippen molar-refractivity contribution in [1.82, 2.24) is 9.80 Å². The van der Waals surface area contributed by atoms with Crippen molar-refractivity contribution in [2.24, 2.45) is 5.92 Å².